The van der Waals surface area contributed by atoms with Crippen LogP contribution in [-0.4, -0.2) is 29.8 Å². The molecule has 92 valence electrons. The van der Waals surface area contributed by atoms with E-state index in [4.69, 9.17) is 9.84 Å². The van der Waals surface area contributed by atoms with Crippen LogP contribution in [0.2, 0.25) is 0 Å². The molecule has 0 spiro atoms. The van der Waals surface area contributed by atoms with E-state index in [1.165, 1.54) is 6.08 Å². The van der Waals surface area contributed by atoms with Crippen molar-refractivity contribution in [3.63, 3.8) is 0 Å². The van der Waals surface area contributed by atoms with Crippen LogP contribution in [0.3, 0.4) is 0 Å². The van der Waals surface area contributed by atoms with E-state index in [0.29, 0.717) is 0 Å². The fraction of sp³-hybridized carbons (Fsp3) is 0.500. The molecule has 0 aromatic rings. The number of aliphatic carboxylic acids is 1. The second-order valence-electron chi connectivity index (χ2n) is 4.37. The summed E-state index contributed by atoms with van der Waals surface area (Å²) < 4.78 is 4.80. The van der Waals surface area contributed by atoms with Crippen LogP contribution in [-0.2, 0) is 9.53 Å². The van der Waals surface area contributed by atoms with E-state index in [9.17, 15) is 9.59 Å². The average molecular weight is 237 g/mol. The fourth-order valence-corrected chi connectivity index (χ4v) is 2.67. The molecule has 0 aliphatic heterocycles. The SMILES string of the molecule is C=CCOC(=O)N[C@H]1C2C=CC(C2)[C@@H]1C(=O)O. The van der Waals surface area contributed by atoms with Gasteiger partial charge in [0.25, 0.3) is 0 Å². The minimum atomic E-state index is -0.865. The molecule has 2 bridgehead atoms. The predicted molar refractivity (Wildman–Crippen MR) is 60.3 cm³/mol. The lowest BCUT2D eigenvalue weighted by Crippen LogP contribution is -2.45. The summed E-state index contributed by atoms with van der Waals surface area (Å²) in [6, 6.07) is -0.361. The lowest BCUT2D eigenvalue weighted by molar-refractivity contribution is -0.143. The highest BCUT2D eigenvalue weighted by molar-refractivity contribution is 5.75. The van der Waals surface area contributed by atoms with Gasteiger partial charge in [-0.15, -0.1) is 0 Å². The molecule has 1 amide bonds. The van der Waals surface area contributed by atoms with Crippen molar-refractivity contribution in [2.24, 2.45) is 17.8 Å². The number of carbonyl (C=O) groups excluding carboxylic acids is 1. The first-order valence-corrected chi connectivity index (χ1v) is 5.58. The molecule has 0 saturated heterocycles. The van der Waals surface area contributed by atoms with Gasteiger partial charge in [-0.05, 0) is 18.3 Å². The zero-order valence-electron chi connectivity index (χ0n) is 9.33. The first kappa shape index (κ1) is 11.7. The van der Waals surface area contributed by atoms with Gasteiger partial charge in [0.2, 0.25) is 0 Å². The van der Waals surface area contributed by atoms with Crippen LogP contribution >= 0.6 is 0 Å². The second-order valence-corrected chi connectivity index (χ2v) is 4.37. The maximum atomic E-state index is 11.4. The highest BCUT2D eigenvalue weighted by atomic mass is 16.5. The number of rotatable bonds is 4. The van der Waals surface area contributed by atoms with Gasteiger partial charge in [0.15, 0.2) is 0 Å². The Morgan fingerprint density at radius 1 is 1.47 bits per heavy atom. The van der Waals surface area contributed by atoms with Crippen molar-refractivity contribution < 1.29 is 19.4 Å². The van der Waals surface area contributed by atoms with E-state index < -0.39 is 18.0 Å². The van der Waals surface area contributed by atoms with Gasteiger partial charge >= 0.3 is 12.1 Å². The van der Waals surface area contributed by atoms with Crippen molar-refractivity contribution in [1.29, 1.82) is 0 Å². The Morgan fingerprint density at radius 3 is 2.82 bits per heavy atom. The quantitative estimate of drug-likeness (QED) is 0.720. The summed E-state index contributed by atoms with van der Waals surface area (Å²) in [6.07, 6.45) is 5.58. The Bertz CT molecular complexity index is 377. The normalized spacial score (nSPS) is 33.4. The lowest BCUT2D eigenvalue weighted by Gasteiger charge is -2.25. The van der Waals surface area contributed by atoms with E-state index >= 15 is 0 Å². The van der Waals surface area contributed by atoms with Gasteiger partial charge in [0, 0.05) is 0 Å². The molecule has 0 heterocycles. The number of amides is 1. The smallest absolute Gasteiger partial charge is 0.407 e. The predicted octanol–water partition coefficient (Wildman–Crippen LogP) is 1.17. The van der Waals surface area contributed by atoms with Crippen molar-refractivity contribution in [2.75, 3.05) is 6.61 Å². The standard InChI is InChI=1S/C12H15NO4/c1-2-5-17-12(16)13-10-8-4-3-7(6-8)9(10)11(14)15/h2-4,7-10H,1,5-6H2,(H,13,16)(H,14,15)/t7?,8?,9-,10-/m0/s1. The summed E-state index contributed by atoms with van der Waals surface area (Å²) >= 11 is 0. The number of nitrogens with one attached hydrogen (secondary N) is 1. The molecular weight excluding hydrogens is 222 g/mol. The highest BCUT2D eigenvalue weighted by Crippen LogP contribution is 2.43. The minimum absolute atomic E-state index is 0.0298. The van der Waals surface area contributed by atoms with Crippen LogP contribution in [0.1, 0.15) is 6.42 Å². The van der Waals surface area contributed by atoms with Crippen molar-refractivity contribution in [2.45, 2.75) is 12.5 Å². The molecule has 17 heavy (non-hydrogen) atoms. The third-order valence-corrected chi connectivity index (χ3v) is 3.36. The number of hydrogen-bond donors (Lipinski definition) is 2. The van der Waals surface area contributed by atoms with Crippen LogP contribution in [0.4, 0.5) is 4.79 Å². The van der Waals surface area contributed by atoms with E-state index in [0.717, 1.165) is 6.42 Å². The third kappa shape index (κ3) is 2.18. The number of carbonyl (C=O) groups is 2. The Balaban J connectivity index is 1.99. The Kier molecular flexibility index (Phi) is 3.17. The highest BCUT2D eigenvalue weighted by Gasteiger charge is 2.49. The van der Waals surface area contributed by atoms with E-state index in [1.807, 2.05) is 12.2 Å². The molecule has 2 aliphatic rings. The topological polar surface area (TPSA) is 75.6 Å². The van der Waals surface area contributed by atoms with Crippen LogP contribution in [0.15, 0.2) is 24.8 Å². The number of fused-ring (bicyclic) bond motifs is 2. The monoisotopic (exact) mass is 237 g/mol. The summed E-state index contributed by atoms with van der Waals surface area (Å²) in [5.74, 6) is -1.27. The first-order chi connectivity index (χ1) is 8.13. The van der Waals surface area contributed by atoms with Crippen LogP contribution in [0, 0.1) is 17.8 Å². The van der Waals surface area contributed by atoms with Crippen molar-refractivity contribution in [3.05, 3.63) is 24.8 Å². The molecule has 0 aromatic carbocycles. The third-order valence-electron chi connectivity index (χ3n) is 3.36. The molecular formula is C12H15NO4. The molecule has 0 aromatic heterocycles. The summed E-state index contributed by atoms with van der Waals surface area (Å²) in [5.41, 5.74) is 0. The second kappa shape index (κ2) is 4.61. The van der Waals surface area contributed by atoms with Crippen LogP contribution in [0.25, 0.3) is 0 Å². The van der Waals surface area contributed by atoms with E-state index in [2.05, 4.69) is 11.9 Å². The Morgan fingerprint density at radius 2 is 2.18 bits per heavy atom. The van der Waals surface area contributed by atoms with Crippen molar-refractivity contribution in [3.8, 4) is 0 Å². The molecule has 1 saturated carbocycles. The molecule has 2 unspecified atom stereocenters. The van der Waals surface area contributed by atoms with Gasteiger partial charge < -0.3 is 15.2 Å². The number of allylic oxidation sites excluding steroid dienone is 1. The number of hydrogen-bond acceptors (Lipinski definition) is 3. The Hall–Kier alpha value is -1.78. The summed E-state index contributed by atoms with van der Waals surface area (Å²) in [4.78, 5) is 22.6. The van der Waals surface area contributed by atoms with Gasteiger partial charge in [0.05, 0.1) is 12.0 Å². The molecule has 2 aliphatic carbocycles. The molecule has 2 rings (SSSR count). The summed E-state index contributed by atoms with van der Waals surface area (Å²) in [6.45, 7) is 3.56. The van der Waals surface area contributed by atoms with Crippen molar-refractivity contribution >= 4 is 12.1 Å². The molecule has 2 N–H and O–H groups in total. The molecule has 5 heteroatoms. The zero-order valence-corrected chi connectivity index (χ0v) is 9.33. The molecule has 1 fully saturated rings. The van der Waals surface area contributed by atoms with Gasteiger partial charge in [-0.3, -0.25) is 4.79 Å². The Labute approximate surface area is 99.1 Å². The van der Waals surface area contributed by atoms with Gasteiger partial charge in [-0.1, -0.05) is 24.8 Å². The molecule has 0 radical (unpaired) electrons. The summed E-state index contributed by atoms with van der Waals surface area (Å²) in [7, 11) is 0. The summed E-state index contributed by atoms with van der Waals surface area (Å²) in [5, 5.41) is 11.8. The number of carboxylic acid groups (broad SMARTS) is 1. The van der Waals surface area contributed by atoms with E-state index in [1.54, 1.807) is 0 Å². The molecule has 4 atom stereocenters. The number of carboxylic acids is 1. The lowest BCUT2D eigenvalue weighted by atomic mass is 9.89. The number of alkyl carbamates (subject to hydrolysis) is 1. The van der Waals surface area contributed by atoms with Crippen LogP contribution in [0.5, 0.6) is 0 Å². The average Bonchev–Trinajstić information content (AvgIpc) is 2.86. The van der Waals surface area contributed by atoms with Gasteiger partial charge in [-0.2, -0.15) is 0 Å². The van der Waals surface area contributed by atoms with E-state index in [-0.39, 0.29) is 24.5 Å². The van der Waals surface area contributed by atoms with Gasteiger partial charge in [-0.25, -0.2) is 4.79 Å². The van der Waals surface area contributed by atoms with Crippen molar-refractivity contribution in [1.82, 2.24) is 5.32 Å². The largest absolute Gasteiger partial charge is 0.481 e. The van der Waals surface area contributed by atoms with Crippen LogP contribution < -0.4 is 5.32 Å². The van der Waals surface area contributed by atoms with Gasteiger partial charge in [0.1, 0.15) is 6.61 Å². The maximum absolute atomic E-state index is 11.4. The fourth-order valence-electron chi connectivity index (χ4n) is 2.67. The zero-order chi connectivity index (χ0) is 12.4. The first-order valence-electron chi connectivity index (χ1n) is 5.58. The number of ether oxygens (including phenoxy) is 1. The maximum Gasteiger partial charge on any atom is 0.407 e. The minimum Gasteiger partial charge on any atom is -0.481 e. The molecule has 5 nitrogen and oxygen atoms in total.